The number of amides is 1. The Morgan fingerprint density at radius 2 is 1.90 bits per heavy atom. The van der Waals surface area contributed by atoms with Crippen LogP contribution in [0.25, 0.3) is 0 Å². The fourth-order valence-corrected chi connectivity index (χ4v) is 3.05. The Kier molecular flexibility index (Phi) is 4.64. The minimum Gasteiger partial charge on any atom is -0.315 e. The van der Waals surface area contributed by atoms with Crippen LogP contribution < -0.4 is 9.62 Å². The fourth-order valence-electron chi connectivity index (χ4n) is 1.79. The summed E-state index contributed by atoms with van der Waals surface area (Å²) >= 11 is 1.55. The number of benzene rings is 1. The van der Waals surface area contributed by atoms with Gasteiger partial charge in [0, 0.05) is 23.3 Å². The zero-order valence-corrected chi connectivity index (χ0v) is 13.4. The van der Waals surface area contributed by atoms with Gasteiger partial charge in [-0.15, -0.1) is 11.3 Å². The van der Waals surface area contributed by atoms with Gasteiger partial charge in [0.05, 0.1) is 12.7 Å². The first kappa shape index (κ1) is 15.5. The van der Waals surface area contributed by atoms with Crippen LogP contribution in [-0.2, 0) is 21.2 Å². The molecule has 2 rings (SSSR count). The number of hydrogen-bond donors (Lipinski definition) is 1. The van der Waals surface area contributed by atoms with Gasteiger partial charge < -0.3 is 4.90 Å². The Bertz CT molecular complexity index is 707. The van der Waals surface area contributed by atoms with E-state index in [0.29, 0.717) is 12.1 Å². The molecule has 0 radical (unpaired) electrons. The summed E-state index contributed by atoms with van der Waals surface area (Å²) in [4.78, 5) is 14.7. The topological polar surface area (TPSA) is 66.5 Å². The predicted octanol–water partition coefficient (Wildman–Crippen LogP) is 2.33. The molecule has 0 saturated carbocycles. The average molecular weight is 324 g/mol. The maximum Gasteiger partial charge on any atom is 0.231 e. The van der Waals surface area contributed by atoms with Crippen molar-refractivity contribution in [3.05, 3.63) is 46.7 Å². The number of thiophene rings is 1. The Hall–Kier alpha value is -1.86. The molecule has 0 aliphatic rings. The van der Waals surface area contributed by atoms with E-state index in [4.69, 9.17) is 0 Å². The monoisotopic (exact) mass is 324 g/mol. The smallest absolute Gasteiger partial charge is 0.231 e. The van der Waals surface area contributed by atoms with Crippen LogP contribution in [0.5, 0.6) is 0 Å². The highest BCUT2D eigenvalue weighted by molar-refractivity contribution is 7.92. The van der Waals surface area contributed by atoms with Crippen LogP contribution in [0.1, 0.15) is 4.88 Å². The Balaban J connectivity index is 2.05. The van der Waals surface area contributed by atoms with E-state index in [1.807, 2.05) is 17.5 Å². The molecule has 0 fully saturated rings. The van der Waals surface area contributed by atoms with Crippen LogP contribution in [0.15, 0.2) is 41.8 Å². The van der Waals surface area contributed by atoms with Crippen molar-refractivity contribution in [1.82, 2.24) is 0 Å². The van der Waals surface area contributed by atoms with Crippen LogP contribution in [0.3, 0.4) is 0 Å². The van der Waals surface area contributed by atoms with Crippen LogP contribution in [-0.4, -0.2) is 27.6 Å². The Morgan fingerprint density at radius 3 is 2.43 bits per heavy atom. The first-order valence-electron chi connectivity index (χ1n) is 6.22. The maximum absolute atomic E-state index is 12.1. The van der Waals surface area contributed by atoms with E-state index < -0.39 is 10.0 Å². The number of hydrogen-bond acceptors (Lipinski definition) is 4. The van der Waals surface area contributed by atoms with Gasteiger partial charge in [0.1, 0.15) is 0 Å². The van der Waals surface area contributed by atoms with Gasteiger partial charge in [0.25, 0.3) is 0 Å². The van der Waals surface area contributed by atoms with Gasteiger partial charge in [-0.1, -0.05) is 6.07 Å². The molecule has 1 amide bonds. The first-order chi connectivity index (χ1) is 9.85. The summed E-state index contributed by atoms with van der Waals surface area (Å²) in [6, 6.07) is 10.5. The van der Waals surface area contributed by atoms with E-state index in [2.05, 4.69) is 4.72 Å². The minimum absolute atomic E-state index is 0.0127. The lowest BCUT2D eigenvalue weighted by Crippen LogP contribution is -2.27. The molecule has 7 heteroatoms. The molecule has 0 aliphatic heterocycles. The summed E-state index contributed by atoms with van der Waals surface area (Å²) in [6.45, 7) is 0. The zero-order chi connectivity index (χ0) is 15.5. The van der Waals surface area contributed by atoms with Gasteiger partial charge in [-0.05, 0) is 35.7 Å². The maximum atomic E-state index is 12.1. The normalized spacial score (nSPS) is 11.1. The van der Waals surface area contributed by atoms with Crippen LogP contribution in [0.2, 0.25) is 0 Å². The Labute approximate surface area is 128 Å². The molecule has 1 N–H and O–H groups in total. The summed E-state index contributed by atoms with van der Waals surface area (Å²) in [5, 5.41) is 1.94. The number of sulfonamides is 1. The highest BCUT2D eigenvalue weighted by Crippen LogP contribution is 2.19. The lowest BCUT2D eigenvalue weighted by Gasteiger charge is -2.17. The standard InChI is InChI=1S/C14H16N2O3S2/c1-16(14(17)10-13-4-3-9-20-13)12-7-5-11(6-8-12)15-21(2,18)19/h3-9,15H,10H2,1-2H3. The molecule has 0 atom stereocenters. The molecule has 1 heterocycles. The number of rotatable bonds is 5. The first-order valence-corrected chi connectivity index (χ1v) is 8.99. The van der Waals surface area contributed by atoms with Crippen molar-refractivity contribution >= 4 is 38.6 Å². The summed E-state index contributed by atoms with van der Waals surface area (Å²) in [7, 11) is -1.59. The molecule has 1 aromatic heterocycles. The van der Waals surface area contributed by atoms with Gasteiger partial charge in [-0.2, -0.15) is 0 Å². The number of likely N-dealkylation sites (N-methyl/N-ethyl adjacent to an activating group) is 1. The van der Waals surface area contributed by atoms with Crippen molar-refractivity contribution in [1.29, 1.82) is 0 Å². The Morgan fingerprint density at radius 1 is 1.24 bits per heavy atom. The van der Waals surface area contributed by atoms with Crippen LogP contribution in [0.4, 0.5) is 11.4 Å². The summed E-state index contributed by atoms with van der Waals surface area (Å²) < 4.78 is 24.6. The van der Waals surface area contributed by atoms with Crippen molar-refractivity contribution in [3.63, 3.8) is 0 Å². The minimum atomic E-state index is -3.29. The summed E-state index contributed by atoms with van der Waals surface area (Å²) in [5.74, 6) is -0.0127. The number of carbonyl (C=O) groups is 1. The van der Waals surface area contributed by atoms with E-state index in [1.54, 1.807) is 47.5 Å². The molecular weight excluding hydrogens is 308 g/mol. The molecule has 21 heavy (non-hydrogen) atoms. The summed E-state index contributed by atoms with van der Waals surface area (Å²) in [5.41, 5.74) is 1.19. The molecule has 0 saturated heterocycles. The fraction of sp³-hybridized carbons (Fsp3) is 0.214. The number of anilines is 2. The third kappa shape index (κ3) is 4.57. The molecule has 1 aromatic carbocycles. The van der Waals surface area contributed by atoms with Crippen LogP contribution in [0, 0.1) is 0 Å². The second-order valence-corrected chi connectivity index (χ2v) is 7.41. The van der Waals surface area contributed by atoms with Crippen molar-refractivity contribution in [3.8, 4) is 0 Å². The molecule has 0 aliphatic carbocycles. The number of nitrogens with one attached hydrogen (secondary N) is 1. The SMILES string of the molecule is CN(C(=O)Cc1cccs1)c1ccc(NS(C)(=O)=O)cc1. The molecule has 112 valence electrons. The number of carbonyl (C=O) groups excluding carboxylic acids is 1. The van der Waals surface area contributed by atoms with Gasteiger partial charge in [-0.25, -0.2) is 8.42 Å². The van der Waals surface area contributed by atoms with Gasteiger partial charge in [0.15, 0.2) is 0 Å². The molecule has 0 spiro atoms. The van der Waals surface area contributed by atoms with E-state index in [0.717, 1.165) is 16.8 Å². The van der Waals surface area contributed by atoms with Gasteiger partial charge in [0.2, 0.25) is 15.9 Å². The van der Waals surface area contributed by atoms with Crippen molar-refractivity contribution in [2.45, 2.75) is 6.42 Å². The highest BCUT2D eigenvalue weighted by Gasteiger charge is 2.12. The van der Waals surface area contributed by atoms with E-state index in [-0.39, 0.29) is 5.91 Å². The molecule has 2 aromatic rings. The average Bonchev–Trinajstić information content (AvgIpc) is 2.90. The van der Waals surface area contributed by atoms with Crippen molar-refractivity contribution in [2.75, 3.05) is 22.9 Å². The quantitative estimate of drug-likeness (QED) is 0.918. The van der Waals surface area contributed by atoms with Crippen molar-refractivity contribution < 1.29 is 13.2 Å². The molecular formula is C14H16N2O3S2. The van der Waals surface area contributed by atoms with Crippen LogP contribution >= 0.6 is 11.3 Å². The highest BCUT2D eigenvalue weighted by atomic mass is 32.2. The molecule has 5 nitrogen and oxygen atoms in total. The summed E-state index contributed by atoms with van der Waals surface area (Å²) in [6.07, 6.45) is 1.45. The number of nitrogens with zero attached hydrogens (tertiary/aromatic N) is 1. The lowest BCUT2D eigenvalue weighted by atomic mass is 10.2. The lowest BCUT2D eigenvalue weighted by molar-refractivity contribution is -0.117. The third-order valence-electron chi connectivity index (χ3n) is 2.84. The van der Waals surface area contributed by atoms with Gasteiger partial charge in [-0.3, -0.25) is 9.52 Å². The second kappa shape index (κ2) is 6.28. The second-order valence-electron chi connectivity index (χ2n) is 4.63. The largest absolute Gasteiger partial charge is 0.315 e. The van der Waals surface area contributed by atoms with E-state index >= 15 is 0 Å². The van der Waals surface area contributed by atoms with E-state index in [9.17, 15) is 13.2 Å². The predicted molar refractivity (Wildman–Crippen MR) is 86.3 cm³/mol. The van der Waals surface area contributed by atoms with Gasteiger partial charge >= 0.3 is 0 Å². The van der Waals surface area contributed by atoms with Crippen molar-refractivity contribution in [2.24, 2.45) is 0 Å². The van der Waals surface area contributed by atoms with E-state index in [1.165, 1.54) is 0 Å². The molecule has 0 bridgehead atoms. The zero-order valence-electron chi connectivity index (χ0n) is 11.7. The third-order valence-corrected chi connectivity index (χ3v) is 4.32. The molecule has 0 unspecified atom stereocenters.